The summed E-state index contributed by atoms with van der Waals surface area (Å²) < 4.78 is 0. The van der Waals surface area contributed by atoms with E-state index in [2.05, 4.69) is 0 Å². The quantitative estimate of drug-likeness (QED) is 0.803. The van der Waals surface area contributed by atoms with Crippen LogP contribution < -0.4 is 0 Å². The van der Waals surface area contributed by atoms with Gasteiger partial charge in [-0.2, -0.15) is 0 Å². The largest absolute Gasteiger partial charge is 0.481 e. The van der Waals surface area contributed by atoms with Crippen molar-refractivity contribution in [3.8, 4) is 0 Å². The maximum atomic E-state index is 12.3. The first-order valence-electron chi connectivity index (χ1n) is 7.42. The Morgan fingerprint density at radius 1 is 0.952 bits per heavy atom. The first kappa shape index (κ1) is 17.5. The second kappa shape index (κ2) is 7.43. The second-order valence-electron chi connectivity index (χ2n) is 6.35. The SMILES string of the molecule is CN(C)C(=O)CN(C)C(=O)CC1(CC(=O)O)CCCCC1. The highest BCUT2D eigenvalue weighted by Gasteiger charge is 2.37. The van der Waals surface area contributed by atoms with Crippen molar-refractivity contribution < 1.29 is 19.5 Å². The Labute approximate surface area is 126 Å². The minimum absolute atomic E-state index is 0.0359. The molecule has 0 saturated heterocycles. The number of nitrogens with zero attached hydrogens (tertiary/aromatic N) is 2. The van der Waals surface area contributed by atoms with Crippen LogP contribution in [0.2, 0.25) is 0 Å². The molecule has 0 spiro atoms. The van der Waals surface area contributed by atoms with Crippen LogP contribution >= 0.6 is 0 Å². The summed E-state index contributed by atoms with van der Waals surface area (Å²) in [5.74, 6) is -1.13. The summed E-state index contributed by atoms with van der Waals surface area (Å²) in [4.78, 5) is 37.9. The Hall–Kier alpha value is -1.59. The fourth-order valence-electron chi connectivity index (χ4n) is 2.93. The summed E-state index contributed by atoms with van der Waals surface area (Å²) in [6.45, 7) is 0.0367. The maximum Gasteiger partial charge on any atom is 0.303 e. The van der Waals surface area contributed by atoms with Gasteiger partial charge in [0.2, 0.25) is 11.8 Å². The van der Waals surface area contributed by atoms with Crippen LogP contribution in [0.1, 0.15) is 44.9 Å². The van der Waals surface area contributed by atoms with Crippen LogP contribution in [0.3, 0.4) is 0 Å². The molecule has 1 aliphatic carbocycles. The Morgan fingerprint density at radius 3 is 2.00 bits per heavy atom. The lowest BCUT2D eigenvalue weighted by atomic mass is 9.69. The van der Waals surface area contributed by atoms with Crippen molar-refractivity contribution in [3.05, 3.63) is 0 Å². The third-order valence-corrected chi connectivity index (χ3v) is 4.26. The molecule has 0 aliphatic heterocycles. The predicted octanol–water partition coefficient (Wildman–Crippen LogP) is 1.35. The molecule has 21 heavy (non-hydrogen) atoms. The van der Waals surface area contributed by atoms with Gasteiger partial charge >= 0.3 is 5.97 Å². The van der Waals surface area contributed by atoms with Gasteiger partial charge in [-0.25, -0.2) is 0 Å². The molecule has 0 radical (unpaired) electrons. The molecule has 1 N–H and O–H groups in total. The first-order valence-corrected chi connectivity index (χ1v) is 7.42. The smallest absolute Gasteiger partial charge is 0.303 e. The summed E-state index contributed by atoms with van der Waals surface area (Å²) in [6, 6.07) is 0. The van der Waals surface area contributed by atoms with Crippen LogP contribution in [0.15, 0.2) is 0 Å². The van der Waals surface area contributed by atoms with E-state index < -0.39 is 11.4 Å². The number of hydrogen-bond acceptors (Lipinski definition) is 3. The lowest BCUT2D eigenvalue weighted by Crippen LogP contribution is -2.41. The molecule has 2 amide bonds. The average molecular weight is 298 g/mol. The number of aliphatic carboxylic acids is 1. The van der Waals surface area contributed by atoms with E-state index in [0.29, 0.717) is 0 Å². The Bertz CT molecular complexity index is 400. The van der Waals surface area contributed by atoms with Gasteiger partial charge in [-0.3, -0.25) is 14.4 Å². The van der Waals surface area contributed by atoms with Crippen LogP contribution in [0.5, 0.6) is 0 Å². The van der Waals surface area contributed by atoms with Crippen LogP contribution in [-0.4, -0.2) is 60.4 Å². The summed E-state index contributed by atoms with van der Waals surface area (Å²) >= 11 is 0. The molecule has 0 aromatic heterocycles. The summed E-state index contributed by atoms with van der Waals surface area (Å²) in [5.41, 5.74) is -0.434. The van der Waals surface area contributed by atoms with Gasteiger partial charge in [0.05, 0.1) is 13.0 Å². The normalized spacial score (nSPS) is 17.1. The highest BCUT2D eigenvalue weighted by Crippen LogP contribution is 2.42. The van der Waals surface area contributed by atoms with Crippen LogP contribution in [0.4, 0.5) is 0 Å². The maximum absolute atomic E-state index is 12.3. The zero-order valence-electron chi connectivity index (χ0n) is 13.2. The number of carbonyl (C=O) groups is 3. The molecule has 1 rings (SSSR count). The molecular formula is C15H26N2O4. The fourth-order valence-corrected chi connectivity index (χ4v) is 2.93. The van der Waals surface area contributed by atoms with E-state index in [9.17, 15) is 14.4 Å². The fraction of sp³-hybridized carbons (Fsp3) is 0.800. The van der Waals surface area contributed by atoms with E-state index in [0.717, 1.165) is 32.1 Å². The molecule has 0 bridgehead atoms. The van der Waals surface area contributed by atoms with Crippen LogP contribution in [0.25, 0.3) is 0 Å². The molecule has 0 unspecified atom stereocenters. The van der Waals surface area contributed by atoms with E-state index in [4.69, 9.17) is 5.11 Å². The minimum atomic E-state index is -0.850. The van der Waals surface area contributed by atoms with Crippen molar-refractivity contribution >= 4 is 17.8 Å². The van der Waals surface area contributed by atoms with E-state index in [1.807, 2.05) is 0 Å². The standard InChI is InChI=1S/C15H26N2O4/c1-16(2)13(19)11-17(3)12(18)9-15(10-14(20)21)7-5-4-6-8-15/h4-11H2,1-3H3,(H,20,21). The monoisotopic (exact) mass is 298 g/mol. The molecule has 1 fully saturated rings. The van der Waals surface area contributed by atoms with Gasteiger partial charge in [0, 0.05) is 27.6 Å². The molecule has 6 nitrogen and oxygen atoms in total. The van der Waals surface area contributed by atoms with E-state index >= 15 is 0 Å². The first-order chi connectivity index (χ1) is 9.76. The van der Waals surface area contributed by atoms with Crippen molar-refractivity contribution in [2.24, 2.45) is 5.41 Å². The van der Waals surface area contributed by atoms with Crippen molar-refractivity contribution in [1.82, 2.24) is 9.80 Å². The van der Waals surface area contributed by atoms with E-state index in [-0.39, 0.29) is 31.2 Å². The summed E-state index contributed by atoms with van der Waals surface area (Å²) in [6.07, 6.45) is 4.86. The number of carboxylic acids is 1. The van der Waals surface area contributed by atoms with Crippen LogP contribution in [-0.2, 0) is 14.4 Å². The Morgan fingerprint density at radius 2 is 1.52 bits per heavy atom. The molecule has 0 aromatic carbocycles. The average Bonchev–Trinajstić information content (AvgIpc) is 2.38. The topological polar surface area (TPSA) is 77.9 Å². The number of carbonyl (C=O) groups excluding carboxylic acids is 2. The third kappa shape index (κ3) is 5.36. The lowest BCUT2D eigenvalue weighted by Gasteiger charge is -2.36. The number of amides is 2. The van der Waals surface area contributed by atoms with Gasteiger partial charge in [-0.15, -0.1) is 0 Å². The third-order valence-electron chi connectivity index (χ3n) is 4.26. The molecule has 6 heteroatoms. The number of carboxylic acid groups (broad SMARTS) is 1. The highest BCUT2D eigenvalue weighted by atomic mass is 16.4. The molecule has 1 saturated carbocycles. The molecule has 120 valence electrons. The van der Waals surface area contributed by atoms with Gasteiger partial charge in [-0.1, -0.05) is 19.3 Å². The van der Waals surface area contributed by atoms with Gasteiger partial charge in [0.25, 0.3) is 0 Å². The van der Waals surface area contributed by atoms with Gasteiger partial charge in [-0.05, 0) is 18.3 Å². The number of rotatable bonds is 6. The van der Waals surface area contributed by atoms with Crippen LogP contribution in [0, 0.1) is 5.41 Å². The summed E-state index contributed by atoms with van der Waals surface area (Å²) in [5, 5.41) is 9.11. The lowest BCUT2D eigenvalue weighted by molar-refractivity contribution is -0.144. The van der Waals surface area contributed by atoms with Gasteiger partial charge in [0.15, 0.2) is 0 Å². The molecule has 1 aliphatic rings. The predicted molar refractivity (Wildman–Crippen MR) is 78.7 cm³/mol. The van der Waals surface area contributed by atoms with Crippen molar-refractivity contribution in [3.63, 3.8) is 0 Å². The van der Waals surface area contributed by atoms with Gasteiger partial charge in [0.1, 0.15) is 0 Å². The van der Waals surface area contributed by atoms with E-state index in [1.165, 1.54) is 9.80 Å². The molecule has 0 heterocycles. The minimum Gasteiger partial charge on any atom is -0.481 e. The molecular weight excluding hydrogens is 272 g/mol. The van der Waals surface area contributed by atoms with Crippen molar-refractivity contribution in [1.29, 1.82) is 0 Å². The number of hydrogen-bond donors (Lipinski definition) is 1. The Kier molecular flexibility index (Phi) is 6.18. The zero-order chi connectivity index (χ0) is 16.0. The summed E-state index contributed by atoms with van der Waals surface area (Å²) in [7, 11) is 4.89. The van der Waals surface area contributed by atoms with Crippen molar-refractivity contribution in [2.75, 3.05) is 27.7 Å². The van der Waals surface area contributed by atoms with Crippen molar-refractivity contribution in [2.45, 2.75) is 44.9 Å². The number of likely N-dealkylation sites (N-methyl/N-ethyl adjacent to an activating group) is 2. The second-order valence-corrected chi connectivity index (χ2v) is 6.35. The zero-order valence-corrected chi connectivity index (χ0v) is 13.2. The highest BCUT2D eigenvalue weighted by molar-refractivity contribution is 5.85. The molecule has 0 aromatic rings. The molecule has 0 atom stereocenters. The van der Waals surface area contributed by atoms with Gasteiger partial charge < -0.3 is 14.9 Å². The Balaban J connectivity index is 2.67. The van der Waals surface area contributed by atoms with E-state index in [1.54, 1.807) is 21.1 Å².